The molecular formula is C33H24F6O. The molecule has 0 aliphatic rings. The van der Waals surface area contributed by atoms with Crippen molar-refractivity contribution in [1.82, 2.24) is 0 Å². The molecule has 0 saturated heterocycles. The summed E-state index contributed by atoms with van der Waals surface area (Å²) in [6.07, 6.45) is 3.17. The fourth-order valence-corrected chi connectivity index (χ4v) is 4.63. The fraction of sp³-hybridized carbons (Fsp3) is 0.152. The lowest BCUT2D eigenvalue weighted by Gasteiger charge is -2.12. The average molecular weight is 551 g/mol. The molecule has 5 rings (SSSR count). The number of halogens is 6. The molecular weight excluding hydrogens is 526 g/mol. The molecule has 0 N–H and O–H groups in total. The number of hydrogen-bond donors (Lipinski definition) is 0. The molecule has 5 aromatic rings. The Balaban J connectivity index is 1.34. The highest BCUT2D eigenvalue weighted by Crippen LogP contribution is 2.33. The van der Waals surface area contributed by atoms with Crippen LogP contribution < -0.4 is 4.74 Å². The lowest BCUT2D eigenvalue weighted by Crippen LogP contribution is -2.01. The monoisotopic (exact) mass is 550 g/mol. The van der Waals surface area contributed by atoms with E-state index in [1.807, 2.05) is 24.3 Å². The third-order valence-corrected chi connectivity index (χ3v) is 6.80. The zero-order valence-corrected chi connectivity index (χ0v) is 21.5. The molecule has 0 aromatic heterocycles. The number of rotatable bonds is 8. The molecule has 0 heterocycles. The summed E-state index contributed by atoms with van der Waals surface area (Å²) in [5.41, 5.74) is 3.05. The van der Waals surface area contributed by atoms with Crippen LogP contribution in [-0.2, 0) is 13.0 Å². The maximum Gasteiger partial charge on any atom is 0.195 e. The van der Waals surface area contributed by atoms with Crippen LogP contribution in [-0.4, -0.2) is 0 Å². The Morgan fingerprint density at radius 2 is 1.23 bits per heavy atom. The van der Waals surface area contributed by atoms with Crippen molar-refractivity contribution in [1.29, 1.82) is 0 Å². The minimum absolute atomic E-state index is 0.00000395. The quantitative estimate of drug-likeness (QED) is 0.138. The number of benzene rings is 5. The third-order valence-electron chi connectivity index (χ3n) is 6.80. The first-order valence-corrected chi connectivity index (χ1v) is 12.8. The third kappa shape index (κ3) is 5.55. The molecule has 0 atom stereocenters. The molecule has 0 aliphatic heterocycles. The van der Waals surface area contributed by atoms with Crippen LogP contribution in [0.5, 0.6) is 5.75 Å². The van der Waals surface area contributed by atoms with Crippen LogP contribution in [0.1, 0.15) is 30.9 Å². The summed E-state index contributed by atoms with van der Waals surface area (Å²) >= 11 is 0. The molecule has 7 heteroatoms. The van der Waals surface area contributed by atoms with Crippen LogP contribution in [0.15, 0.2) is 78.9 Å². The predicted octanol–water partition coefficient (Wildman–Crippen LogP) is 9.93. The highest BCUT2D eigenvalue weighted by atomic mass is 19.2. The van der Waals surface area contributed by atoms with Gasteiger partial charge in [0, 0.05) is 10.9 Å². The van der Waals surface area contributed by atoms with E-state index in [9.17, 15) is 22.0 Å². The molecule has 0 amide bonds. The molecule has 1 nitrogen and oxygen atoms in total. The molecule has 0 radical (unpaired) electrons. The van der Waals surface area contributed by atoms with Crippen LogP contribution >= 0.6 is 0 Å². The molecule has 5 aromatic carbocycles. The van der Waals surface area contributed by atoms with E-state index in [0.717, 1.165) is 43.0 Å². The Kier molecular flexibility index (Phi) is 7.83. The SMILES string of the molecule is CCCCc1ccc(-c2ccc(-c3cc(F)c(OCc4ccc5c(F)c(F)c(F)cc5c4)c(F)c3)c(F)c2)cc1. The summed E-state index contributed by atoms with van der Waals surface area (Å²) in [5.74, 6) is -7.65. The highest BCUT2D eigenvalue weighted by molar-refractivity contribution is 5.84. The molecule has 0 fully saturated rings. The van der Waals surface area contributed by atoms with E-state index >= 15 is 4.39 Å². The van der Waals surface area contributed by atoms with Gasteiger partial charge in [-0.3, -0.25) is 0 Å². The van der Waals surface area contributed by atoms with Crippen molar-refractivity contribution in [3.05, 3.63) is 125 Å². The van der Waals surface area contributed by atoms with Gasteiger partial charge < -0.3 is 4.74 Å². The molecule has 204 valence electrons. The summed E-state index contributed by atoms with van der Waals surface area (Å²) < 4.78 is 91.1. The Morgan fingerprint density at radius 1 is 0.575 bits per heavy atom. The molecule has 0 saturated carbocycles. The van der Waals surface area contributed by atoms with Crippen LogP contribution in [0.3, 0.4) is 0 Å². The van der Waals surface area contributed by atoms with Gasteiger partial charge in [0.25, 0.3) is 0 Å². The topological polar surface area (TPSA) is 9.23 Å². The van der Waals surface area contributed by atoms with E-state index in [2.05, 4.69) is 6.92 Å². The summed E-state index contributed by atoms with van der Waals surface area (Å²) in [5, 5.41) is -0.0680. The van der Waals surface area contributed by atoms with E-state index in [1.165, 1.54) is 35.9 Å². The minimum Gasteiger partial charge on any atom is -0.483 e. The van der Waals surface area contributed by atoms with Gasteiger partial charge in [0.05, 0.1) is 0 Å². The number of hydrogen-bond acceptors (Lipinski definition) is 1. The Hall–Kier alpha value is -4.26. The second kappa shape index (κ2) is 11.5. The summed E-state index contributed by atoms with van der Waals surface area (Å²) in [4.78, 5) is 0. The zero-order valence-electron chi connectivity index (χ0n) is 21.5. The highest BCUT2D eigenvalue weighted by Gasteiger charge is 2.18. The maximum absolute atomic E-state index is 15.1. The van der Waals surface area contributed by atoms with Crippen molar-refractivity contribution < 1.29 is 31.1 Å². The van der Waals surface area contributed by atoms with Crippen LogP contribution in [0, 0.1) is 34.9 Å². The minimum atomic E-state index is -1.58. The van der Waals surface area contributed by atoms with Crippen molar-refractivity contribution >= 4 is 10.8 Å². The van der Waals surface area contributed by atoms with E-state index in [-0.39, 0.29) is 28.5 Å². The lowest BCUT2D eigenvalue weighted by molar-refractivity contribution is 0.274. The van der Waals surface area contributed by atoms with Crippen molar-refractivity contribution in [2.45, 2.75) is 32.8 Å². The van der Waals surface area contributed by atoms with E-state index < -0.39 is 40.7 Å². The Bertz CT molecular complexity index is 1670. The second-order valence-electron chi connectivity index (χ2n) is 9.59. The Morgan fingerprint density at radius 3 is 1.90 bits per heavy atom. The summed E-state index contributed by atoms with van der Waals surface area (Å²) in [7, 11) is 0. The van der Waals surface area contributed by atoms with Gasteiger partial charge in [0.1, 0.15) is 12.4 Å². The molecule has 0 aliphatic carbocycles. The molecule has 0 unspecified atom stereocenters. The van der Waals surface area contributed by atoms with Crippen molar-refractivity contribution in [3.63, 3.8) is 0 Å². The van der Waals surface area contributed by atoms with E-state index in [0.29, 0.717) is 11.1 Å². The molecule has 0 spiro atoms. The smallest absolute Gasteiger partial charge is 0.195 e. The fourth-order valence-electron chi connectivity index (χ4n) is 4.63. The normalized spacial score (nSPS) is 11.3. The summed E-state index contributed by atoms with van der Waals surface area (Å²) in [6, 6.07) is 19.1. The van der Waals surface area contributed by atoms with Gasteiger partial charge in [-0.05, 0) is 76.4 Å². The van der Waals surface area contributed by atoms with Gasteiger partial charge >= 0.3 is 0 Å². The largest absolute Gasteiger partial charge is 0.483 e. The number of fused-ring (bicyclic) bond motifs is 1. The van der Waals surface area contributed by atoms with Crippen LogP contribution in [0.4, 0.5) is 26.3 Å². The number of ether oxygens (including phenoxy) is 1. The van der Waals surface area contributed by atoms with Gasteiger partial charge in [0.15, 0.2) is 34.8 Å². The standard InChI is InChI=1S/C33H24F6O/c1-2-3-4-19-5-8-21(9-6-19)22-10-12-25(27(34)14-22)24-16-29(36)33(30(37)17-24)40-18-20-7-11-26-23(13-20)15-28(35)32(39)31(26)38/h5-17H,2-4,18H2,1H3. The van der Waals surface area contributed by atoms with Gasteiger partial charge in [-0.2, -0.15) is 0 Å². The van der Waals surface area contributed by atoms with Gasteiger partial charge in [0.2, 0.25) is 0 Å². The number of unbranched alkanes of at least 4 members (excludes halogenated alkanes) is 1. The van der Waals surface area contributed by atoms with Gasteiger partial charge in [-0.1, -0.05) is 61.9 Å². The number of aryl methyl sites for hydroxylation is 1. The lowest BCUT2D eigenvalue weighted by atomic mass is 9.98. The van der Waals surface area contributed by atoms with Crippen LogP contribution in [0.2, 0.25) is 0 Å². The summed E-state index contributed by atoms with van der Waals surface area (Å²) in [6.45, 7) is 1.80. The van der Waals surface area contributed by atoms with Gasteiger partial charge in [-0.15, -0.1) is 0 Å². The molecule has 40 heavy (non-hydrogen) atoms. The first-order valence-electron chi connectivity index (χ1n) is 12.8. The Labute approximate surface area is 227 Å². The zero-order chi connectivity index (χ0) is 28.4. The first-order chi connectivity index (χ1) is 19.2. The van der Waals surface area contributed by atoms with E-state index in [4.69, 9.17) is 4.74 Å². The first kappa shape index (κ1) is 27.3. The van der Waals surface area contributed by atoms with Crippen molar-refractivity contribution in [2.24, 2.45) is 0 Å². The van der Waals surface area contributed by atoms with Crippen molar-refractivity contribution in [3.8, 4) is 28.0 Å². The van der Waals surface area contributed by atoms with E-state index in [1.54, 1.807) is 6.07 Å². The maximum atomic E-state index is 15.1. The van der Waals surface area contributed by atoms with Crippen LogP contribution in [0.25, 0.3) is 33.0 Å². The predicted molar refractivity (Wildman–Crippen MR) is 144 cm³/mol. The molecule has 0 bridgehead atoms. The van der Waals surface area contributed by atoms with Gasteiger partial charge in [-0.25, -0.2) is 26.3 Å². The average Bonchev–Trinajstić information content (AvgIpc) is 2.94. The van der Waals surface area contributed by atoms with Crippen molar-refractivity contribution in [2.75, 3.05) is 0 Å². The second-order valence-corrected chi connectivity index (χ2v) is 9.59.